The number of carbonyl (C=O) groups is 1. The second-order valence-electron chi connectivity index (χ2n) is 7.10. The average Bonchev–Trinajstić information content (AvgIpc) is 3.06. The van der Waals surface area contributed by atoms with Gasteiger partial charge in [0.15, 0.2) is 5.16 Å². The second-order valence-corrected chi connectivity index (χ2v) is 11.1. The first-order valence-corrected chi connectivity index (χ1v) is 12.6. The molecule has 1 amide bonds. The van der Waals surface area contributed by atoms with Gasteiger partial charge in [0, 0.05) is 10.6 Å². The van der Waals surface area contributed by atoms with Crippen LogP contribution in [-0.2, 0) is 27.7 Å². The summed E-state index contributed by atoms with van der Waals surface area (Å²) in [5.41, 5.74) is 7.99. The smallest absolute Gasteiger partial charge is 0.238 e. The Hall–Kier alpha value is -2.21. The van der Waals surface area contributed by atoms with Crippen molar-refractivity contribution in [3.8, 4) is 0 Å². The topological polar surface area (TPSA) is 141 Å². The number of thioether (sulfide) groups is 1. The maximum Gasteiger partial charge on any atom is 0.238 e. The molecule has 0 fully saturated rings. The molecule has 4 rings (SSSR count). The molecule has 30 heavy (non-hydrogen) atoms. The number of nitrogens with zero attached hydrogens (tertiary/aromatic N) is 2. The minimum absolute atomic E-state index is 0.0151. The molecule has 2 heterocycles. The molecular weight excluding hydrogens is 442 g/mol. The molecule has 8 nitrogen and oxygen atoms in total. The van der Waals surface area contributed by atoms with Crippen molar-refractivity contribution >= 4 is 60.8 Å². The number of fused-ring (bicyclic) bond motifs is 3. The molecular formula is C19H21N5O3S3. The maximum absolute atomic E-state index is 12.5. The maximum atomic E-state index is 12.5. The molecule has 3 aromatic rings. The Labute approximate surface area is 182 Å². The lowest BCUT2D eigenvalue weighted by Crippen LogP contribution is -2.22. The van der Waals surface area contributed by atoms with Gasteiger partial charge in [-0.15, -0.1) is 11.3 Å². The summed E-state index contributed by atoms with van der Waals surface area (Å²) in [7, 11) is -3.77. The third-order valence-electron chi connectivity index (χ3n) is 4.92. The van der Waals surface area contributed by atoms with Crippen LogP contribution in [0.15, 0.2) is 34.3 Å². The van der Waals surface area contributed by atoms with E-state index in [0.29, 0.717) is 16.7 Å². The van der Waals surface area contributed by atoms with Crippen molar-refractivity contribution in [1.82, 2.24) is 9.97 Å². The Morgan fingerprint density at radius 1 is 1.20 bits per heavy atom. The number of hydrogen-bond donors (Lipinski definition) is 3. The van der Waals surface area contributed by atoms with Gasteiger partial charge >= 0.3 is 0 Å². The zero-order valence-corrected chi connectivity index (χ0v) is 18.7. The number of carbonyl (C=O) groups excluding carboxylic acids is 1. The number of aryl methyl sites for hydroxylation is 2. The summed E-state index contributed by atoms with van der Waals surface area (Å²) < 4.78 is 22.7. The average molecular weight is 464 g/mol. The number of anilines is 2. The molecule has 0 spiro atoms. The lowest BCUT2D eigenvalue weighted by atomic mass is 9.97. The molecule has 5 N–H and O–H groups in total. The first-order chi connectivity index (χ1) is 14.2. The molecule has 11 heteroatoms. The van der Waals surface area contributed by atoms with Gasteiger partial charge in [0.2, 0.25) is 15.9 Å². The highest BCUT2D eigenvalue weighted by Crippen LogP contribution is 2.38. The number of benzene rings is 1. The van der Waals surface area contributed by atoms with E-state index in [0.717, 1.165) is 29.5 Å². The van der Waals surface area contributed by atoms with Gasteiger partial charge in [-0.1, -0.05) is 11.8 Å². The van der Waals surface area contributed by atoms with Crippen LogP contribution in [-0.4, -0.2) is 29.5 Å². The predicted molar refractivity (Wildman–Crippen MR) is 120 cm³/mol. The van der Waals surface area contributed by atoms with E-state index in [1.165, 1.54) is 52.9 Å². The van der Waals surface area contributed by atoms with E-state index >= 15 is 0 Å². The van der Waals surface area contributed by atoms with E-state index in [1.54, 1.807) is 18.3 Å². The molecule has 0 bridgehead atoms. The molecule has 1 aromatic carbocycles. The minimum atomic E-state index is -3.77. The Morgan fingerprint density at radius 2 is 1.90 bits per heavy atom. The number of rotatable bonds is 5. The van der Waals surface area contributed by atoms with E-state index in [2.05, 4.69) is 15.3 Å². The van der Waals surface area contributed by atoms with Crippen LogP contribution in [0.4, 0.5) is 11.5 Å². The third-order valence-corrected chi connectivity index (χ3v) is 8.00. The van der Waals surface area contributed by atoms with Crippen molar-refractivity contribution < 1.29 is 13.2 Å². The summed E-state index contributed by atoms with van der Waals surface area (Å²) in [6.45, 7) is 1.75. The van der Waals surface area contributed by atoms with Crippen molar-refractivity contribution in [1.29, 1.82) is 0 Å². The second kappa shape index (κ2) is 8.14. The van der Waals surface area contributed by atoms with Crippen molar-refractivity contribution in [2.45, 2.75) is 47.9 Å². The first-order valence-electron chi connectivity index (χ1n) is 9.40. The van der Waals surface area contributed by atoms with Crippen LogP contribution in [0.2, 0.25) is 0 Å². The van der Waals surface area contributed by atoms with Gasteiger partial charge in [0.1, 0.15) is 10.6 Å². The minimum Gasteiger partial charge on any atom is -0.383 e. The summed E-state index contributed by atoms with van der Waals surface area (Å²) in [6.07, 6.45) is 4.41. The first kappa shape index (κ1) is 21.0. The lowest BCUT2D eigenvalue weighted by molar-refractivity contribution is -0.115. The van der Waals surface area contributed by atoms with E-state index in [4.69, 9.17) is 10.9 Å². The largest absolute Gasteiger partial charge is 0.383 e. The Balaban J connectivity index is 1.48. The van der Waals surface area contributed by atoms with Crippen molar-refractivity contribution in [3.63, 3.8) is 0 Å². The standard InChI is InChI=1S/C19H21N5O3S3/c1-10(17(25)22-11-6-8-12(9-7-11)30(21,26)27)28-19-23-16(20)15-13-4-2-3-5-14(13)29-18(15)24-19/h6-10H,2-5H2,1H3,(H,22,25)(H2,20,23,24)(H2,21,26,27). The predicted octanol–water partition coefficient (Wildman–Crippen LogP) is 2.92. The number of nitrogens with two attached hydrogens (primary N) is 2. The quantitative estimate of drug-likeness (QED) is 0.390. The number of thiophene rings is 1. The van der Waals surface area contributed by atoms with Gasteiger partial charge in [0.25, 0.3) is 0 Å². The zero-order chi connectivity index (χ0) is 21.5. The van der Waals surface area contributed by atoms with Crippen LogP contribution in [0.3, 0.4) is 0 Å². The van der Waals surface area contributed by atoms with Gasteiger partial charge in [-0.05, 0) is 62.4 Å². The lowest BCUT2D eigenvalue weighted by Gasteiger charge is -2.12. The number of nitrogens with one attached hydrogen (secondary N) is 1. The molecule has 1 atom stereocenters. The number of nitrogen functional groups attached to an aromatic ring is 1. The molecule has 2 aromatic heterocycles. The Bertz CT molecular complexity index is 1220. The molecule has 0 radical (unpaired) electrons. The van der Waals surface area contributed by atoms with E-state index in [9.17, 15) is 13.2 Å². The fraction of sp³-hybridized carbons (Fsp3) is 0.316. The van der Waals surface area contributed by atoms with Crippen LogP contribution in [0, 0.1) is 0 Å². The van der Waals surface area contributed by atoms with Gasteiger partial charge in [-0.25, -0.2) is 23.5 Å². The fourth-order valence-corrected chi connectivity index (χ4v) is 6.02. The highest BCUT2D eigenvalue weighted by atomic mass is 32.2. The highest BCUT2D eigenvalue weighted by molar-refractivity contribution is 8.00. The van der Waals surface area contributed by atoms with Gasteiger partial charge < -0.3 is 11.1 Å². The Morgan fingerprint density at radius 3 is 2.60 bits per heavy atom. The monoisotopic (exact) mass is 463 g/mol. The summed E-state index contributed by atoms with van der Waals surface area (Å²) in [5, 5.41) is 8.79. The number of hydrogen-bond acceptors (Lipinski definition) is 8. The van der Waals surface area contributed by atoms with Gasteiger partial charge in [-0.2, -0.15) is 0 Å². The van der Waals surface area contributed by atoms with Crippen molar-refractivity contribution in [3.05, 3.63) is 34.7 Å². The Kier molecular flexibility index (Phi) is 5.71. The molecule has 158 valence electrons. The van der Waals surface area contributed by atoms with Crippen LogP contribution >= 0.6 is 23.1 Å². The number of primary sulfonamides is 1. The summed E-state index contributed by atoms with van der Waals surface area (Å²) in [5.74, 6) is 0.212. The molecule has 1 aliphatic rings. The molecule has 0 aliphatic heterocycles. The normalized spacial score (nSPS) is 15.0. The molecule has 0 saturated heterocycles. The van der Waals surface area contributed by atoms with Crippen LogP contribution in [0.25, 0.3) is 10.2 Å². The van der Waals surface area contributed by atoms with Crippen molar-refractivity contribution in [2.24, 2.45) is 5.14 Å². The van der Waals surface area contributed by atoms with Crippen LogP contribution in [0.5, 0.6) is 0 Å². The van der Waals surface area contributed by atoms with Gasteiger partial charge in [0.05, 0.1) is 15.5 Å². The van der Waals surface area contributed by atoms with Crippen molar-refractivity contribution in [2.75, 3.05) is 11.1 Å². The highest BCUT2D eigenvalue weighted by Gasteiger charge is 2.22. The van der Waals surface area contributed by atoms with Gasteiger partial charge in [-0.3, -0.25) is 4.79 Å². The molecule has 1 aliphatic carbocycles. The van der Waals surface area contributed by atoms with Crippen LogP contribution < -0.4 is 16.2 Å². The SMILES string of the molecule is CC(Sc1nc(N)c2c3c(sc2n1)CCCC3)C(=O)Nc1ccc(S(N)(=O)=O)cc1. The summed E-state index contributed by atoms with van der Waals surface area (Å²) in [4.78, 5) is 23.8. The fourth-order valence-electron chi connectivity index (χ4n) is 3.40. The zero-order valence-electron chi connectivity index (χ0n) is 16.2. The molecule has 0 saturated carbocycles. The molecule has 1 unspecified atom stereocenters. The van der Waals surface area contributed by atoms with E-state index in [1.807, 2.05) is 0 Å². The van der Waals surface area contributed by atoms with E-state index in [-0.39, 0.29) is 10.8 Å². The number of aromatic nitrogens is 2. The summed E-state index contributed by atoms with van der Waals surface area (Å²) in [6, 6.07) is 5.68. The number of sulfonamides is 1. The number of amides is 1. The summed E-state index contributed by atoms with van der Waals surface area (Å²) >= 11 is 2.89. The third kappa shape index (κ3) is 4.29. The van der Waals surface area contributed by atoms with Crippen LogP contribution in [0.1, 0.15) is 30.2 Å². The van der Waals surface area contributed by atoms with E-state index < -0.39 is 15.3 Å².